The first kappa shape index (κ1) is 23.0. The number of nitrogens with zero attached hydrogens (tertiary/aromatic N) is 5. The molecule has 1 aliphatic heterocycles. The molecule has 2 N–H and O–H groups in total. The average Bonchev–Trinajstić information content (AvgIpc) is 3.12. The first-order valence-corrected chi connectivity index (χ1v) is 11.4. The van der Waals surface area contributed by atoms with E-state index in [0.717, 1.165) is 42.2 Å². The first-order chi connectivity index (χ1) is 15.7. The van der Waals surface area contributed by atoms with Crippen LogP contribution >= 0.6 is 0 Å². The molecular formula is C24H33N6O3+. The molecule has 0 saturated carbocycles. The Kier molecular flexibility index (Phi) is 6.25. The number of benzene rings is 1. The van der Waals surface area contributed by atoms with Crippen LogP contribution in [0.3, 0.4) is 0 Å². The minimum absolute atomic E-state index is 0.0229. The Hall–Kier alpha value is -3.20. The zero-order valence-corrected chi connectivity index (χ0v) is 20.1. The number of nitrogen functional groups attached to an aromatic ring is 1. The number of hydrogen-bond donors (Lipinski definition) is 1. The third-order valence-electron chi connectivity index (χ3n) is 5.99. The summed E-state index contributed by atoms with van der Waals surface area (Å²) in [5.41, 5.74) is 10.1. The van der Waals surface area contributed by atoms with Gasteiger partial charge in [0.15, 0.2) is 12.3 Å². The zero-order valence-electron chi connectivity index (χ0n) is 20.1. The van der Waals surface area contributed by atoms with Crippen LogP contribution in [-0.4, -0.2) is 54.1 Å². The fraction of sp³-hybridized carbons (Fsp3) is 0.500. The molecule has 0 radical (unpaired) electrons. The molecule has 3 heterocycles. The molecule has 1 saturated heterocycles. The van der Waals surface area contributed by atoms with Crippen molar-refractivity contribution in [2.75, 3.05) is 44.0 Å². The lowest BCUT2D eigenvalue weighted by Crippen LogP contribution is -2.37. The van der Waals surface area contributed by atoms with Crippen LogP contribution in [0.25, 0.3) is 5.65 Å². The number of ketones is 1. The number of ether oxygens (including phenoxy) is 2. The van der Waals surface area contributed by atoms with Crippen molar-refractivity contribution in [2.24, 2.45) is 0 Å². The van der Waals surface area contributed by atoms with Gasteiger partial charge in [-0.25, -0.2) is 0 Å². The van der Waals surface area contributed by atoms with Gasteiger partial charge in [-0.2, -0.15) is 0 Å². The Morgan fingerprint density at radius 3 is 2.61 bits per heavy atom. The second kappa shape index (κ2) is 8.97. The minimum Gasteiger partial charge on any atom is -0.494 e. The number of hydrogen-bond acceptors (Lipinski definition) is 7. The summed E-state index contributed by atoms with van der Waals surface area (Å²) in [6, 6.07) is 7.64. The molecule has 2 aromatic heterocycles. The summed E-state index contributed by atoms with van der Waals surface area (Å²) in [4.78, 5) is 15.7. The van der Waals surface area contributed by atoms with Crippen molar-refractivity contribution in [3.8, 4) is 5.75 Å². The van der Waals surface area contributed by atoms with E-state index >= 15 is 0 Å². The number of anilines is 2. The number of methoxy groups -OCH3 is 1. The van der Waals surface area contributed by atoms with E-state index in [0.29, 0.717) is 30.4 Å². The van der Waals surface area contributed by atoms with Crippen LogP contribution in [0.2, 0.25) is 0 Å². The third kappa shape index (κ3) is 4.50. The Balaban J connectivity index is 1.74. The number of Topliss-reactive ketones (excluding diaryl/α,β-unsaturated/α-hetero) is 1. The van der Waals surface area contributed by atoms with Gasteiger partial charge in [0.2, 0.25) is 0 Å². The van der Waals surface area contributed by atoms with Gasteiger partial charge in [0.1, 0.15) is 5.75 Å². The van der Waals surface area contributed by atoms with Gasteiger partial charge >= 0.3 is 5.95 Å². The number of nitrogens with two attached hydrogens (primary N) is 1. The van der Waals surface area contributed by atoms with Gasteiger partial charge in [-0.15, -0.1) is 9.78 Å². The van der Waals surface area contributed by atoms with Crippen molar-refractivity contribution in [3.05, 3.63) is 41.1 Å². The molecule has 4 rings (SSSR count). The van der Waals surface area contributed by atoms with Crippen LogP contribution in [0.1, 0.15) is 49.3 Å². The summed E-state index contributed by atoms with van der Waals surface area (Å²) in [7, 11) is 1.68. The number of rotatable bonds is 6. The third-order valence-corrected chi connectivity index (χ3v) is 5.99. The van der Waals surface area contributed by atoms with Gasteiger partial charge < -0.3 is 20.1 Å². The standard InChI is InChI=1S/C24H32N6O3/c1-6-17-7-8-21-27-29(23(25)30(21)26-17)15-20(31)16-13-18(24(2,3)4)22(32-5)19(14-16)28-9-11-33-12-10-28/h7-8,13-14,25H,6,9-12,15H2,1-5H3/p+1. The molecule has 0 unspecified atom stereocenters. The number of carbonyl (C=O) groups excluding carboxylic acids is 1. The first-order valence-electron chi connectivity index (χ1n) is 11.4. The Labute approximate surface area is 194 Å². The van der Waals surface area contributed by atoms with Gasteiger partial charge in [0.25, 0.3) is 5.65 Å². The summed E-state index contributed by atoms with van der Waals surface area (Å²) in [5, 5.41) is 8.99. The molecule has 0 bridgehead atoms. The number of fused-ring (bicyclic) bond motifs is 1. The molecule has 9 heteroatoms. The van der Waals surface area contributed by atoms with Crippen molar-refractivity contribution >= 4 is 23.1 Å². The van der Waals surface area contributed by atoms with E-state index in [4.69, 9.17) is 15.2 Å². The van der Waals surface area contributed by atoms with Gasteiger partial charge in [-0.1, -0.05) is 32.2 Å². The SMILES string of the molecule is CCc1ccc2nn(CC(=O)c3cc(N4CCOCC4)c(OC)c(C(C)(C)C)c3)c(N)[n+]2n1. The quantitative estimate of drug-likeness (QED) is 0.451. The lowest BCUT2D eigenvalue weighted by atomic mass is 9.84. The highest BCUT2D eigenvalue weighted by molar-refractivity contribution is 5.98. The molecule has 0 atom stereocenters. The van der Waals surface area contributed by atoms with E-state index in [2.05, 4.69) is 35.9 Å². The van der Waals surface area contributed by atoms with Crippen molar-refractivity contribution in [1.82, 2.24) is 14.9 Å². The molecule has 1 aromatic carbocycles. The van der Waals surface area contributed by atoms with E-state index < -0.39 is 0 Å². The van der Waals surface area contributed by atoms with Gasteiger partial charge in [0, 0.05) is 35.4 Å². The van der Waals surface area contributed by atoms with Crippen LogP contribution < -0.4 is 19.9 Å². The summed E-state index contributed by atoms with van der Waals surface area (Å²) in [6.45, 7) is 11.2. The molecule has 1 fully saturated rings. The minimum atomic E-state index is -0.210. The molecule has 0 amide bonds. The number of morpholine rings is 1. The maximum Gasteiger partial charge on any atom is 0.366 e. The van der Waals surface area contributed by atoms with Crippen molar-refractivity contribution in [1.29, 1.82) is 0 Å². The Morgan fingerprint density at radius 2 is 1.97 bits per heavy atom. The Morgan fingerprint density at radius 1 is 1.24 bits per heavy atom. The smallest absolute Gasteiger partial charge is 0.366 e. The monoisotopic (exact) mass is 453 g/mol. The van der Waals surface area contributed by atoms with Crippen LogP contribution in [0.15, 0.2) is 24.3 Å². The average molecular weight is 454 g/mol. The van der Waals surface area contributed by atoms with Crippen LogP contribution in [0.4, 0.5) is 11.6 Å². The highest BCUT2D eigenvalue weighted by Gasteiger charge is 2.28. The number of aryl methyl sites for hydroxylation is 1. The predicted molar refractivity (Wildman–Crippen MR) is 126 cm³/mol. The van der Waals surface area contributed by atoms with E-state index in [1.165, 1.54) is 4.68 Å². The number of carbonyl (C=O) groups is 1. The highest BCUT2D eigenvalue weighted by atomic mass is 16.5. The second-order valence-corrected chi connectivity index (χ2v) is 9.31. The topological polar surface area (TPSA) is 99.6 Å². The zero-order chi connectivity index (χ0) is 23.8. The van der Waals surface area contributed by atoms with Gasteiger partial charge in [-0.3, -0.25) is 4.79 Å². The van der Waals surface area contributed by atoms with Crippen molar-refractivity contribution < 1.29 is 18.8 Å². The maximum absolute atomic E-state index is 13.4. The summed E-state index contributed by atoms with van der Waals surface area (Å²) < 4.78 is 14.5. The summed E-state index contributed by atoms with van der Waals surface area (Å²) >= 11 is 0. The molecule has 0 spiro atoms. The van der Waals surface area contributed by atoms with E-state index in [-0.39, 0.29) is 17.7 Å². The lowest BCUT2D eigenvalue weighted by Gasteiger charge is -2.33. The molecule has 176 valence electrons. The van der Waals surface area contributed by atoms with E-state index in [1.54, 1.807) is 11.6 Å². The summed E-state index contributed by atoms with van der Waals surface area (Å²) in [5.74, 6) is 1.05. The predicted octanol–water partition coefficient (Wildman–Crippen LogP) is 2.19. The molecule has 9 nitrogen and oxygen atoms in total. The van der Waals surface area contributed by atoms with E-state index in [1.807, 2.05) is 31.2 Å². The normalized spacial score (nSPS) is 14.6. The summed E-state index contributed by atoms with van der Waals surface area (Å²) in [6.07, 6.45) is 0.790. The molecule has 1 aliphatic rings. The molecule has 3 aromatic rings. The van der Waals surface area contributed by atoms with Gasteiger partial charge in [0.05, 0.1) is 31.7 Å². The van der Waals surface area contributed by atoms with Crippen LogP contribution in [0.5, 0.6) is 5.75 Å². The fourth-order valence-corrected chi connectivity index (χ4v) is 4.10. The van der Waals surface area contributed by atoms with Crippen molar-refractivity contribution in [2.45, 2.75) is 46.1 Å². The van der Waals surface area contributed by atoms with Gasteiger partial charge in [-0.05, 0) is 30.0 Å². The lowest BCUT2D eigenvalue weighted by molar-refractivity contribution is -0.567. The largest absolute Gasteiger partial charge is 0.494 e. The van der Waals surface area contributed by atoms with Crippen LogP contribution in [-0.2, 0) is 23.1 Å². The fourth-order valence-electron chi connectivity index (χ4n) is 4.10. The number of aromatic nitrogens is 4. The van der Waals surface area contributed by atoms with Crippen molar-refractivity contribution in [3.63, 3.8) is 0 Å². The molecule has 0 aliphatic carbocycles. The maximum atomic E-state index is 13.4. The van der Waals surface area contributed by atoms with E-state index in [9.17, 15) is 4.79 Å². The van der Waals surface area contributed by atoms with Crippen LogP contribution in [0, 0.1) is 0 Å². The second-order valence-electron chi connectivity index (χ2n) is 9.31. The highest BCUT2D eigenvalue weighted by Crippen LogP contribution is 2.40. The Bertz CT molecular complexity index is 1180. The molecular weight excluding hydrogens is 420 g/mol. The molecule has 33 heavy (non-hydrogen) atoms.